The Balaban J connectivity index is 2.13. The van der Waals surface area contributed by atoms with E-state index in [1.807, 2.05) is 0 Å². The smallest absolute Gasteiger partial charge is 0.419 e. The summed E-state index contributed by atoms with van der Waals surface area (Å²) in [5.41, 5.74) is 0.858. The summed E-state index contributed by atoms with van der Waals surface area (Å²) < 4.78 is 43.0. The van der Waals surface area contributed by atoms with E-state index in [2.05, 4.69) is 14.9 Å². The lowest BCUT2D eigenvalue weighted by molar-refractivity contribution is -0.140. The molecule has 0 saturated heterocycles. The number of H-pyrrole nitrogens is 1. The van der Waals surface area contributed by atoms with E-state index in [4.69, 9.17) is 0 Å². The lowest BCUT2D eigenvalue weighted by Gasteiger charge is -2.10. The number of ether oxygens (including phenoxy) is 1. The van der Waals surface area contributed by atoms with Gasteiger partial charge in [-0.25, -0.2) is 0 Å². The molecule has 0 amide bonds. The third-order valence-corrected chi connectivity index (χ3v) is 3.35. The zero-order valence-electron chi connectivity index (χ0n) is 11.9. The molecule has 4 nitrogen and oxygen atoms in total. The van der Waals surface area contributed by atoms with Crippen LogP contribution in [-0.2, 0) is 35.0 Å². The van der Waals surface area contributed by atoms with Crippen molar-refractivity contribution in [1.82, 2.24) is 10.2 Å². The molecule has 118 valence electrons. The van der Waals surface area contributed by atoms with Gasteiger partial charge in [-0.2, -0.15) is 18.3 Å². The number of aryl methyl sites for hydroxylation is 2. The van der Waals surface area contributed by atoms with Crippen molar-refractivity contribution < 1.29 is 22.7 Å². The second kappa shape index (κ2) is 6.64. The van der Waals surface area contributed by atoms with E-state index >= 15 is 0 Å². The summed E-state index contributed by atoms with van der Waals surface area (Å²) in [6.45, 7) is 0. The van der Waals surface area contributed by atoms with Crippen LogP contribution in [0.5, 0.6) is 0 Å². The summed E-state index contributed by atoms with van der Waals surface area (Å²) in [7, 11) is 1.30. The number of alkyl halides is 3. The molecule has 0 atom stereocenters. The Morgan fingerprint density at radius 3 is 2.55 bits per heavy atom. The van der Waals surface area contributed by atoms with Crippen molar-refractivity contribution in [2.75, 3.05) is 7.11 Å². The first-order valence-corrected chi connectivity index (χ1v) is 6.65. The second-order valence-electron chi connectivity index (χ2n) is 4.78. The van der Waals surface area contributed by atoms with Crippen LogP contribution in [-0.4, -0.2) is 23.3 Å². The largest absolute Gasteiger partial charge is 0.469 e. The molecule has 1 heterocycles. The summed E-state index contributed by atoms with van der Waals surface area (Å²) >= 11 is 0. The van der Waals surface area contributed by atoms with Gasteiger partial charge in [-0.1, -0.05) is 24.3 Å². The molecule has 0 fully saturated rings. The number of hydrogen-bond donors (Lipinski definition) is 1. The summed E-state index contributed by atoms with van der Waals surface area (Å²) in [4.78, 5) is 11.4. The highest BCUT2D eigenvalue weighted by Gasteiger charge is 2.34. The molecule has 2 rings (SSSR count). The first kappa shape index (κ1) is 16.1. The lowest BCUT2D eigenvalue weighted by Crippen LogP contribution is -2.10. The van der Waals surface area contributed by atoms with Crippen LogP contribution in [0, 0.1) is 0 Å². The molecule has 1 aromatic carbocycles. The van der Waals surface area contributed by atoms with Crippen LogP contribution in [0.25, 0.3) is 0 Å². The third kappa shape index (κ3) is 3.87. The Labute approximate surface area is 125 Å². The highest BCUT2D eigenvalue weighted by atomic mass is 19.4. The molecule has 1 aromatic heterocycles. The van der Waals surface area contributed by atoms with Gasteiger partial charge in [-0.3, -0.25) is 9.89 Å². The minimum Gasteiger partial charge on any atom is -0.469 e. The molecule has 0 spiro atoms. The Kier molecular flexibility index (Phi) is 4.85. The molecule has 0 aliphatic rings. The van der Waals surface area contributed by atoms with Crippen molar-refractivity contribution in [2.24, 2.45) is 0 Å². The number of hydrogen-bond acceptors (Lipinski definition) is 3. The molecule has 0 aliphatic heterocycles. The normalized spacial score (nSPS) is 11.5. The zero-order valence-corrected chi connectivity index (χ0v) is 11.9. The van der Waals surface area contributed by atoms with E-state index in [9.17, 15) is 18.0 Å². The fourth-order valence-corrected chi connectivity index (χ4v) is 2.21. The number of carbonyl (C=O) groups is 1. The zero-order chi connectivity index (χ0) is 16.2. The Morgan fingerprint density at radius 1 is 1.23 bits per heavy atom. The van der Waals surface area contributed by atoms with Crippen molar-refractivity contribution in [3.63, 3.8) is 0 Å². The molecule has 0 unspecified atom stereocenters. The van der Waals surface area contributed by atoms with Gasteiger partial charge >= 0.3 is 12.1 Å². The van der Waals surface area contributed by atoms with Crippen LogP contribution in [0.4, 0.5) is 13.2 Å². The maximum absolute atomic E-state index is 12.8. The maximum atomic E-state index is 12.8. The van der Waals surface area contributed by atoms with Gasteiger partial charge in [0.1, 0.15) is 0 Å². The van der Waals surface area contributed by atoms with Gasteiger partial charge in [0.25, 0.3) is 0 Å². The average Bonchev–Trinajstić information content (AvgIpc) is 2.95. The van der Waals surface area contributed by atoms with E-state index in [1.54, 1.807) is 24.3 Å². The Hall–Kier alpha value is -2.31. The van der Waals surface area contributed by atoms with Crippen LogP contribution < -0.4 is 0 Å². The Bertz CT molecular complexity index is 650. The SMILES string of the molecule is COC(=O)Cc1ccccc1CCc1[nH]ncc1C(F)(F)F. The molecular formula is C15H15F3N2O2. The van der Waals surface area contributed by atoms with Gasteiger partial charge in [-0.05, 0) is 24.0 Å². The van der Waals surface area contributed by atoms with Crippen molar-refractivity contribution in [1.29, 1.82) is 0 Å². The first-order chi connectivity index (χ1) is 10.4. The Morgan fingerprint density at radius 2 is 1.91 bits per heavy atom. The molecular weight excluding hydrogens is 297 g/mol. The quantitative estimate of drug-likeness (QED) is 0.864. The molecule has 7 heteroatoms. The first-order valence-electron chi connectivity index (χ1n) is 6.65. The average molecular weight is 312 g/mol. The fourth-order valence-electron chi connectivity index (χ4n) is 2.21. The fraction of sp³-hybridized carbons (Fsp3) is 0.333. The van der Waals surface area contributed by atoms with Crippen LogP contribution in [0.3, 0.4) is 0 Å². The monoisotopic (exact) mass is 312 g/mol. The number of nitrogens with one attached hydrogen (secondary N) is 1. The van der Waals surface area contributed by atoms with E-state index < -0.39 is 11.7 Å². The number of nitrogens with zero attached hydrogens (tertiary/aromatic N) is 1. The number of carbonyl (C=O) groups excluding carboxylic acids is 1. The van der Waals surface area contributed by atoms with Crippen molar-refractivity contribution in [3.05, 3.63) is 52.8 Å². The number of esters is 1. The van der Waals surface area contributed by atoms with Gasteiger partial charge in [0.15, 0.2) is 0 Å². The summed E-state index contributed by atoms with van der Waals surface area (Å²) in [5.74, 6) is -0.384. The maximum Gasteiger partial charge on any atom is 0.419 e. The topological polar surface area (TPSA) is 55.0 Å². The summed E-state index contributed by atoms with van der Waals surface area (Å²) in [5, 5.41) is 5.86. The van der Waals surface area contributed by atoms with Crippen LogP contribution >= 0.6 is 0 Å². The molecule has 2 aromatic rings. The van der Waals surface area contributed by atoms with E-state index in [0.29, 0.717) is 6.42 Å². The van der Waals surface area contributed by atoms with Crippen molar-refractivity contribution in [2.45, 2.75) is 25.4 Å². The predicted octanol–water partition coefficient (Wildman–Crippen LogP) is 2.93. The molecule has 0 bridgehead atoms. The van der Waals surface area contributed by atoms with E-state index in [-0.39, 0.29) is 24.5 Å². The number of benzene rings is 1. The minimum atomic E-state index is -4.42. The van der Waals surface area contributed by atoms with Crippen molar-refractivity contribution >= 4 is 5.97 Å². The highest BCUT2D eigenvalue weighted by Crippen LogP contribution is 2.31. The number of aromatic nitrogens is 2. The standard InChI is InChI=1S/C15H15F3N2O2/c1-22-14(21)8-11-5-3-2-4-10(11)6-7-13-12(9-19-20-13)15(16,17)18/h2-5,9H,6-8H2,1H3,(H,19,20). The van der Waals surface area contributed by atoms with Crippen LogP contribution in [0.1, 0.15) is 22.4 Å². The van der Waals surface area contributed by atoms with E-state index in [1.165, 1.54) is 7.11 Å². The third-order valence-electron chi connectivity index (χ3n) is 3.35. The molecule has 0 aliphatic carbocycles. The second-order valence-corrected chi connectivity index (χ2v) is 4.78. The number of halogens is 3. The van der Waals surface area contributed by atoms with Gasteiger partial charge in [0.05, 0.1) is 25.3 Å². The molecule has 0 saturated carbocycles. The number of rotatable bonds is 5. The van der Waals surface area contributed by atoms with Gasteiger partial charge in [-0.15, -0.1) is 0 Å². The van der Waals surface area contributed by atoms with Crippen LogP contribution in [0.15, 0.2) is 30.5 Å². The highest BCUT2D eigenvalue weighted by molar-refractivity contribution is 5.72. The van der Waals surface area contributed by atoms with E-state index in [0.717, 1.165) is 17.3 Å². The molecule has 1 N–H and O–H groups in total. The number of aromatic amines is 1. The number of methoxy groups -OCH3 is 1. The summed E-state index contributed by atoms with van der Waals surface area (Å²) in [6.07, 6.45) is -3.00. The van der Waals surface area contributed by atoms with Gasteiger partial charge < -0.3 is 4.74 Å². The summed E-state index contributed by atoms with van der Waals surface area (Å²) in [6, 6.07) is 7.12. The van der Waals surface area contributed by atoms with Gasteiger partial charge in [0.2, 0.25) is 0 Å². The van der Waals surface area contributed by atoms with Crippen molar-refractivity contribution in [3.8, 4) is 0 Å². The molecule has 22 heavy (non-hydrogen) atoms. The lowest BCUT2D eigenvalue weighted by atomic mass is 9.99. The minimum absolute atomic E-state index is 0.0420. The van der Waals surface area contributed by atoms with Crippen LogP contribution in [0.2, 0.25) is 0 Å². The van der Waals surface area contributed by atoms with Gasteiger partial charge in [0, 0.05) is 5.69 Å². The molecule has 0 radical (unpaired) electrons. The predicted molar refractivity (Wildman–Crippen MR) is 73.2 cm³/mol.